The summed E-state index contributed by atoms with van der Waals surface area (Å²) >= 11 is 0. The smallest absolute Gasteiger partial charge is 0.260 e. The number of fused-ring (bicyclic) bond motifs is 1. The Kier molecular flexibility index (Phi) is 1.69. The van der Waals surface area contributed by atoms with Gasteiger partial charge in [-0.05, 0) is 19.9 Å². The minimum atomic E-state index is -0.0793. The van der Waals surface area contributed by atoms with Crippen molar-refractivity contribution in [2.75, 3.05) is 0 Å². The van der Waals surface area contributed by atoms with E-state index in [1.807, 2.05) is 10.8 Å². The lowest BCUT2D eigenvalue weighted by Crippen LogP contribution is -2.07. The maximum atomic E-state index is 11.3. The average Bonchev–Trinajstić information content (AvgIpc) is 2.48. The third kappa shape index (κ3) is 1.14. The van der Waals surface area contributed by atoms with E-state index in [9.17, 15) is 4.79 Å². The molecule has 0 saturated heterocycles. The van der Waals surface area contributed by atoms with Crippen molar-refractivity contribution in [3.05, 3.63) is 28.9 Å². The average molecular weight is 177 g/mol. The maximum Gasteiger partial charge on any atom is 0.260 e. The van der Waals surface area contributed by atoms with Crippen molar-refractivity contribution in [1.82, 2.24) is 14.5 Å². The second-order valence-electron chi connectivity index (χ2n) is 3.29. The first-order valence-corrected chi connectivity index (χ1v) is 4.24. The highest BCUT2D eigenvalue weighted by molar-refractivity contribution is 5.74. The summed E-state index contributed by atoms with van der Waals surface area (Å²) in [5.41, 5.74) is 0.670. The van der Waals surface area contributed by atoms with Gasteiger partial charge in [0.25, 0.3) is 5.56 Å². The van der Waals surface area contributed by atoms with Crippen LogP contribution in [0.4, 0.5) is 0 Å². The summed E-state index contributed by atoms with van der Waals surface area (Å²) in [5.74, 6) is 0. The Bertz CT molecular complexity index is 481. The van der Waals surface area contributed by atoms with Crippen LogP contribution in [0.5, 0.6) is 0 Å². The molecule has 68 valence electrons. The molecule has 13 heavy (non-hydrogen) atoms. The third-order valence-corrected chi connectivity index (χ3v) is 2.07. The molecular weight excluding hydrogens is 166 g/mol. The highest BCUT2D eigenvalue weighted by Crippen LogP contribution is 2.13. The molecule has 1 N–H and O–H groups in total. The molecule has 0 aromatic carbocycles. The molecule has 2 rings (SSSR count). The molecule has 0 bridgehead atoms. The lowest BCUT2D eigenvalue weighted by atomic mass is 10.4. The number of aromatic amines is 1. The largest absolute Gasteiger partial charge is 0.330 e. The number of H-pyrrole nitrogens is 1. The van der Waals surface area contributed by atoms with E-state index in [2.05, 4.69) is 23.8 Å². The second-order valence-corrected chi connectivity index (χ2v) is 3.29. The number of hydrogen-bond donors (Lipinski definition) is 1. The highest BCUT2D eigenvalue weighted by atomic mass is 16.1. The van der Waals surface area contributed by atoms with Crippen LogP contribution in [0.25, 0.3) is 11.0 Å². The normalized spacial score (nSPS) is 11.3. The Morgan fingerprint density at radius 1 is 1.54 bits per heavy atom. The van der Waals surface area contributed by atoms with Crippen LogP contribution in [0.1, 0.15) is 19.9 Å². The molecule has 0 amide bonds. The van der Waals surface area contributed by atoms with E-state index in [1.165, 1.54) is 6.33 Å². The van der Waals surface area contributed by atoms with Gasteiger partial charge in [-0.2, -0.15) is 0 Å². The molecule has 2 aromatic heterocycles. The first kappa shape index (κ1) is 8.04. The van der Waals surface area contributed by atoms with Crippen molar-refractivity contribution in [3.8, 4) is 0 Å². The molecule has 0 fully saturated rings. The van der Waals surface area contributed by atoms with Crippen molar-refractivity contribution < 1.29 is 0 Å². The number of nitrogens with zero attached hydrogens (tertiary/aromatic N) is 2. The number of aromatic nitrogens is 3. The zero-order chi connectivity index (χ0) is 9.42. The summed E-state index contributed by atoms with van der Waals surface area (Å²) < 4.78 is 1.98. The van der Waals surface area contributed by atoms with Crippen LogP contribution in [0.2, 0.25) is 0 Å². The Morgan fingerprint density at radius 2 is 2.31 bits per heavy atom. The molecule has 0 spiro atoms. The zero-order valence-electron chi connectivity index (χ0n) is 7.61. The molecule has 0 aliphatic heterocycles. The van der Waals surface area contributed by atoms with Crippen molar-refractivity contribution in [2.45, 2.75) is 19.9 Å². The molecule has 4 heteroatoms. The fourth-order valence-electron chi connectivity index (χ4n) is 1.40. The van der Waals surface area contributed by atoms with Gasteiger partial charge in [0.1, 0.15) is 5.65 Å². The van der Waals surface area contributed by atoms with Gasteiger partial charge in [0.2, 0.25) is 0 Å². The van der Waals surface area contributed by atoms with Gasteiger partial charge in [0.05, 0.1) is 11.7 Å². The standard InChI is InChI=1S/C9H11N3O/c1-6(2)12-4-3-7-8(12)10-5-11-9(7)13/h3-6H,1-2H3,(H,10,11,13). The van der Waals surface area contributed by atoms with E-state index in [-0.39, 0.29) is 5.56 Å². The van der Waals surface area contributed by atoms with Crippen molar-refractivity contribution in [3.63, 3.8) is 0 Å². The monoisotopic (exact) mass is 177 g/mol. The van der Waals surface area contributed by atoms with Gasteiger partial charge in [-0.25, -0.2) is 4.98 Å². The first-order valence-electron chi connectivity index (χ1n) is 4.24. The summed E-state index contributed by atoms with van der Waals surface area (Å²) in [6, 6.07) is 2.12. The minimum Gasteiger partial charge on any atom is -0.330 e. The first-order chi connectivity index (χ1) is 6.20. The van der Waals surface area contributed by atoms with E-state index < -0.39 is 0 Å². The fraction of sp³-hybridized carbons (Fsp3) is 0.333. The Morgan fingerprint density at radius 3 is 3.00 bits per heavy atom. The van der Waals surface area contributed by atoms with Gasteiger partial charge in [0.15, 0.2) is 0 Å². The molecule has 2 heterocycles. The number of hydrogen-bond acceptors (Lipinski definition) is 2. The second kappa shape index (κ2) is 2.73. The predicted molar refractivity (Wildman–Crippen MR) is 50.7 cm³/mol. The van der Waals surface area contributed by atoms with Gasteiger partial charge in [-0.15, -0.1) is 0 Å². The third-order valence-electron chi connectivity index (χ3n) is 2.07. The van der Waals surface area contributed by atoms with Gasteiger partial charge in [0, 0.05) is 12.2 Å². The van der Waals surface area contributed by atoms with E-state index in [0.717, 1.165) is 5.65 Å². The lowest BCUT2D eigenvalue weighted by Gasteiger charge is -2.06. The van der Waals surface area contributed by atoms with Crippen LogP contribution in [0.3, 0.4) is 0 Å². The topological polar surface area (TPSA) is 50.7 Å². The Labute approximate surface area is 75.2 Å². The zero-order valence-corrected chi connectivity index (χ0v) is 7.61. The molecule has 0 saturated carbocycles. The van der Waals surface area contributed by atoms with E-state index in [1.54, 1.807) is 6.07 Å². The maximum absolute atomic E-state index is 11.3. The van der Waals surface area contributed by atoms with Crippen molar-refractivity contribution in [2.24, 2.45) is 0 Å². The number of nitrogens with one attached hydrogen (secondary N) is 1. The van der Waals surface area contributed by atoms with Crippen molar-refractivity contribution in [1.29, 1.82) is 0 Å². The molecule has 0 radical (unpaired) electrons. The minimum absolute atomic E-state index is 0.0793. The predicted octanol–water partition coefficient (Wildman–Crippen LogP) is 1.31. The van der Waals surface area contributed by atoms with Gasteiger partial charge >= 0.3 is 0 Å². The van der Waals surface area contributed by atoms with Crippen molar-refractivity contribution >= 4 is 11.0 Å². The van der Waals surface area contributed by atoms with E-state index in [0.29, 0.717) is 11.4 Å². The summed E-state index contributed by atoms with van der Waals surface area (Å²) in [4.78, 5) is 18.0. The van der Waals surface area contributed by atoms with Crippen LogP contribution >= 0.6 is 0 Å². The fourth-order valence-corrected chi connectivity index (χ4v) is 1.40. The van der Waals surface area contributed by atoms with Crippen LogP contribution in [-0.2, 0) is 0 Å². The molecule has 0 aliphatic carbocycles. The van der Waals surface area contributed by atoms with E-state index in [4.69, 9.17) is 0 Å². The number of rotatable bonds is 1. The summed E-state index contributed by atoms with van der Waals surface area (Å²) in [7, 11) is 0. The SMILES string of the molecule is CC(C)n1ccc2c(=O)[nH]cnc21. The molecule has 2 aromatic rings. The molecule has 0 aliphatic rings. The molecule has 0 atom stereocenters. The van der Waals surface area contributed by atoms with Gasteiger partial charge < -0.3 is 9.55 Å². The summed E-state index contributed by atoms with van der Waals surface area (Å²) in [5, 5.41) is 0.649. The van der Waals surface area contributed by atoms with Crippen LogP contribution in [0.15, 0.2) is 23.4 Å². The highest BCUT2D eigenvalue weighted by Gasteiger charge is 2.06. The molecule has 0 unspecified atom stereocenters. The van der Waals surface area contributed by atoms with Gasteiger partial charge in [-0.1, -0.05) is 0 Å². The molecule has 4 nitrogen and oxygen atoms in total. The van der Waals surface area contributed by atoms with Crippen LogP contribution in [-0.4, -0.2) is 14.5 Å². The summed E-state index contributed by atoms with van der Waals surface area (Å²) in [6.45, 7) is 4.12. The Hall–Kier alpha value is -1.58. The van der Waals surface area contributed by atoms with Crippen LogP contribution < -0.4 is 5.56 Å². The Balaban J connectivity index is 2.83. The quantitative estimate of drug-likeness (QED) is 0.713. The van der Waals surface area contributed by atoms with Crippen LogP contribution in [0, 0.1) is 0 Å². The molecular formula is C9H11N3O. The van der Waals surface area contributed by atoms with E-state index >= 15 is 0 Å². The van der Waals surface area contributed by atoms with Gasteiger partial charge in [-0.3, -0.25) is 4.79 Å². The lowest BCUT2D eigenvalue weighted by molar-refractivity contribution is 0.617. The summed E-state index contributed by atoms with van der Waals surface area (Å²) in [6.07, 6.45) is 3.32.